The topological polar surface area (TPSA) is 67.7 Å². The van der Waals surface area contributed by atoms with Crippen LogP contribution in [0.1, 0.15) is 19.0 Å². The SMILES string of the molecule is CCCNc1ncc(F)c(Nc2cn(C)nc2C)n1. The molecule has 0 spiro atoms. The lowest BCUT2D eigenvalue weighted by Crippen LogP contribution is -2.07. The zero-order valence-electron chi connectivity index (χ0n) is 11.2. The fraction of sp³-hybridized carbons (Fsp3) is 0.417. The van der Waals surface area contributed by atoms with Crippen LogP contribution in [-0.2, 0) is 7.05 Å². The molecule has 0 radical (unpaired) electrons. The second-order valence-corrected chi connectivity index (χ2v) is 4.24. The molecule has 0 unspecified atom stereocenters. The predicted molar refractivity (Wildman–Crippen MR) is 72.0 cm³/mol. The summed E-state index contributed by atoms with van der Waals surface area (Å²) < 4.78 is 15.3. The van der Waals surface area contributed by atoms with Gasteiger partial charge in [0.1, 0.15) is 0 Å². The standard InChI is InChI=1S/C12H17FN6/c1-4-5-14-12-15-6-9(13)11(17-12)16-10-7-19(3)18-8(10)2/h6-7H,4-5H2,1-3H3,(H2,14,15,16,17). The number of aryl methyl sites for hydroxylation is 2. The number of halogens is 1. The van der Waals surface area contributed by atoms with Crippen molar-refractivity contribution in [1.29, 1.82) is 0 Å². The van der Waals surface area contributed by atoms with Crippen LogP contribution in [0.15, 0.2) is 12.4 Å². The van der Waals surface area contributed by atoms with Gasteiger partial charge in [-0.2, -0.15) is 10.1 Å². The molecule has 0 fully saturated rings. The lowest BCUT2D eigenvalue weighted by atomic mass is 10.4. The van der Waals surface area contributed by atoms with Crippen LogP contribution >= 0.6 is 0 Å². The molecule has 0 aliphatic rings. The summed E-state index contributed by atoms with van der Waals surface area (Å²) in [5.74, 6) is 0.0577. The highest BCUT2D eigenvalue weighted by Gasteiger charge is 2.10. The van der Waals surface area contributed by atoms with E-state index in [1.165, 1.54) is 0 Å². The smallest absolute Gasteiger partial charge is 0.224 e. The van der Waals surface area contributed by atoms with Crippen molar-refractivity contribution in [3.8, 4) is 0 Å². The summed E-state index contributed by atoms with van der Waals surface area (Å²) in [5.41, 5.74) is 1.50. The summed E-state index contributed by atoms with van der Waals surface area (Å²) in [6.45, 7) is 4.63. The van der Waals surface area contributed by atoms with Gasteiger partial charge in [0.2, 0.25) is 5.95 Å². The Morgan fingerprint density at radius 1 is 1.42 bits per heavy atom. The first-order valence-electron chi connectivity index (χ1n) is 6.14. The molecule has 7 heteroatoms. The van der Waals surface area contributed by atoms with E-state index in [9.17, 15) is 4.39 Å². The van der Waals surface area contributed by atoms with Gasteiger partial charge in [-0.25, -0.2) is 9.37 Å². The Morgan fingerprint density at radius 2 is 2.21 bits per heavy atom. The lowest BCUT2D eigenvalue weighted by Gasteiger charge is -2.08. The number of anilines is 3. The number of aromatic nitrogens is 4. The summed E-state index contributed by atoms with van der Waals surface area (Å²) >= 11 is 0. The van der Waals surface area contributed by atoms with Crippen LogP contribution in [0, 0.1) is 12.7 Å². The van der Waals surface area contributed by atoms with Crippen molar-refractivity contribution in [1.82, 2.24) is 19.7 Å². The minimum atomic E-state index is -0.495. The lowest BCUT2D eigenvalue weighted by molar-refractivity contribution is 0.619. The highest BCUT2D eigenvalue weighted by molar-refractivity contribution is 5.58. The monoisotopic (exact) mass is 264 g/mol. The minimum absolute atomic E-state index is 0.143. The molecule has 102 valence electrons. The summed E-state index contributed by atoms with van der Waals surface area (Å²) in [6.07, 6.45) is 3.88. The molecule has 0 aromatic carbocycles. The fourth-order valence-corrected chi connectivity index (χ4v) is 1.63. The summed E-state index contributed by atoms with van der Waals surface area (Å²) in [5, 5.41) is 10.1. The molecule has 0 aliphatic heterocycles. The maximum atomic E-state index is 13.7. The molecular formula is C12H17FN6. The molecule has 0 saturated carbocycles. The summed E-state index contributed by atoms with van der Waals surface area (Å²) in [4.78, 5) is 8.00. The van der Waals surface area contributed by atoms with Gasteiger partial charge in [-0.15, -0.1) is 0 Å². The van der Waals surface area contributed by atoms with Crippen molar-refractivity contribution in [2.45, 2.75) is 20.3 Å². The normalized spacial score (nSPS) is 10.5. The third-order valence-electron chi connectivity index (χ3n) is 2.54. The largest absolute Gasteiger partial charge is 0.354 e. The molecule has 0 saturated heterocycles. The molecule has 2 aromatic heterocycles. The van der Waals surface area contributed by atoms with E-state index < -0.39 is 5.82 Å². The van der Waals surface area contributed by atoms with Gasteiger partial charge in [0.05, 0.1) is 17.6 Å². The van der Waals surface area contributed by atoms with Gasteiger partial charge in [-0.3, -0.25) is 4.68 Å². The molecule has 19 heavy (non-hydrogen) atoms. The van der Waals surface area contributed by atoms with Crippen molar-refractivity contribution >= 4 is 17.5 Å². The highest BCUT2D eigenvalue weighted by atomic mass is 19.1. The summed E-state index contributed by atoms with van der Waals surface area (Å²) in [7, 11) is 1.81. The van der Waals surface area contributed by atoms with Crippen molar-refractivity contribution < 1.29 is 4.39 Å². The Balaban J connectivity index is 2.21. The first-order chi connectivity index (χ1) is 9.10. The van der Waals surface area contributed by atoms with E-state index in [0.29, 0.717) is 5.95 Å². The number of nitrogens with zero attached hydrogens (tertiary/aromatic N) is 4. The van der Waals surface area contributed by atoms with Gasteiger partial charge in [0.25, 0.3) is 0 Å². The molecular weight excluding hydrogens is 247 g/mol. The van der Waals surface area contributed by atoms with Gasteiger partial charge >= 0.3 is 0 Å². The van der Waals surface area contributed by atoms with E-state index in [1.807, 2.05) is 20.9 Å². The van der Waals surface area contributed by atoms with Gasteiger partial charge in [0, 0.05) is 19.8 Å². The number of nitrogens with one attached hydrogen (secondary N) is 2. The third kappa shape index (κ3) is 3.18. The van der Waals surface area contributed by atoms with Gasteiger partial charge in [-0.05, 0) is 13.3 Å². The number of hydrogen-bond acceptors (Lipinski definition) is 5. The Bertz CT molecular complexity index is 565. The van der Waals surface area contributed by atoms with Crippen LogP contribution in [0.5, 0.6) is 0 Å². The zero-order valence-corrected chi connectivity index (χ0v) is 11.2. The first-order valence-corrected chi connectivity index (χ1v) is 6.14. The Hall–Kier alpha value is -2.18. The van der Waals surface area contributed by atoms with Crippen LogP contribution in [0.3, 0.4) is 0 Å². The number of rotatable bonds is 5. The van der Waals surface area contributed by atoms with E-state index in [2.05, 4.69) is 25.7 Å². The van der Waals surface area contributed by atoms with E-state index in [1.54, 1.807) is 10.9 Å². The van der Waals surface area contributed by atoms with E-state index >= 15 is 0 Å². The number of hydrogen-bond donors (Lipinski definition) is 2. The molecule has 6 nitrogen and oxygen atoms in total. The molecule has 0 aliphatic carbocycles. The van der Waals surface area contributed by atoms with Crippen LogP contribution in [0.4, 0.5) is 21.8 Å². The summed E-state index contributed by atoms with van der Waals surface area (Å²) in [6, 6.07) is 0. The van der Waals surface area contributed by atoms with Crippen molar-refractivity contribution in [2.75, 3.05) is 17.2 Å². The third-order valence-corrected chi connectivity index (χ3v) is 2.54. The van der Waals surface area contributed by atoms with Crippen molar-refractivity contribution in [2.24, 2.45) is 7.05 Å². The predicted octanol–water partition coefficient (Wildman–Crippen LogP) is 2.22. The Kier molecular flexibility index (Phi) is 3.94. The minimum Gasteiger partial charge on any atom is -0.354 e. The fourth-order valence-electron chi connectivity index (χ4n) is 1.63. The Labute approximate surface area is 111 Å². The second-order valence-electron chi connectivity index (χ2n) is 4.24. The Morgan fingerprint density at radius 3 is 2.84 bits per heavy atom. The first kappa shape index (κ1) is 13.3. The van der Waals surface area contributed by atoms with Crippen LogP contribution < -0.4 is 10.6 Å². The van der Waals surface area contributed by atoms with E-state index in [-0.39, 0.29) is 5.82 Å². The molecule has 2 rings (SSSR count). The maximum absolute atomic E-state index is 13.7. The molecule has 2 N–H and O–H groups in total. The average Bonchev–Trinajstić information content (AvgIpc) is 2.69. The molecule has 0 amide bonds. The van der Waals surface area contributed by atoms with Gasteiger partial charge < -0.3 is 10.6 Å². The molecule has 0 bridgehead atoms. The van der Waals surface area contributed by atoms with E-state index in [0.717, 1.165) is 30.5 Å². The van der Waals surface area contributed by atoms with Gasteiger partial charge in [-0.1, -0.05) is 6.92 Å². The molecule has 2 heterocycles. The highest BCUT2D eigenvalue weighted by Crippen LogP contribution is 2.20. The second kappa shape index (κ2) is 5.64. The van der Waals surface area contributed by atoms with Crippen molar-refractivity contribution in [3.63, 3.8) is 0 Å². The zero-order chi connectivity index (χ0) is 13.8. The maximum Gasteiger partial charge on any atom is 0.224 e. The quantitative estimate of drug-likeness (QED) is 0.866. The van der Waals surface area contributed by atoms with Crippen LogP contribution in [-0.4, -0.2) is 26.3 Å². The van der Waals surface area contributed by atoms with Crippen LogP contribution in [0.2, 0.25) is 0 Å². The van der Waals surface area contributed by atoms with Gasteiger partial charge in [0.15, 0.2) is 11.6 Å². The van der Waals surface area contributed by atoms with Crippen molar-refractivity contribution in [3.05, 3.63) is 23.9 Å². The average molecular weight is 264 g/mol. The molecule has 2 aromatic rings. The van der Waals surface area contributed by atoms with E-state index in [4.69, 9.17) is 0 Å². The van der Waals surface area contributed by atoms with Crippen LogP contribution in [0.25, 0.3) is 0 Å². The molecule has 0 atom stereocenters.